The van der Waals surface area contributed by atoms with Crippen LogP contribution in [0.25, 0.3) is 0 Å². The molecule has 5 nitrogen and oxygen atoms in total. The molecule has 16 heavy (non-hydrogen) atoms. The molecule has 1 amide bonds. The van der Waals surface area contributed by atoms with E-state index in [1.54, 1.807) is 5.38 Å². The molecule has 0 bridgehead atoms. The average molecular weight is 238 g/mol. The van der Waals surface area contributed by atoms with Crippen LogP contribution in [0.1, 0.15) is 22.4 Å². The molecule has 0 saturated heterocycles. The number of esters is 1. The van der Waals surface area contributed by atoms with Crippen molar-refractivity contribution in [3.63, 3.8) is 0 Å². The summed E-state index contributed by atoms with van der Waals surface area (Å²) in [6, 6.07) is 0. The Kier molecular flexibility index (Phi) is 4.48. The van der Waals surface area contributed by atoms with Gasteiger partial charge in [-0.05, 0) is 5.92 Å². The van der Waals surface area contributed by atoms with Crippen molar-refractivity contribution in [2.24, 2.45) is 0 Å². The molecule has 0 spiro atoms. The zero-order chi connectivity index (χ0) is 12.0. The molecule has 1 heterocycles. The number of carbonyl (C=O) groups is 2. The Morgan fingerprint density at radius 2 is 2.38 bits per heavy atom. The largest absolute Gasteiger partial charge is 0.464 e. The quantitative estimate of drug-likeness (QED) is 0.599. The summed E-state index contributed by atoms with van der Waals surface area (Å²) in [7, 11) is 1.30. The minimum Gasteiger partial charge on any atom is -0.464 e. The van der Waals surface area contributed by atoms with E-state index < -0.39 is 5.97 Å². The summed E-state index contributed by atoms with van der Waals surface area (Å²) in [6.07, 6.45) is 0. The topological polar surface area (TPSA) is 68.3 Å². The van der Waals surface area contributed by atoms with Crippen LogP contribution in [0.3, 0.4) is 0 Å². The van der Waals surface area contributed by atoms with Crippen LogP contribution >= 0.6 is 11.3 Å². The Labute approximate surface area is 96.8 Å². The van der Waals surface area contributed by atoms with Gasteiger partial charge in [-0.25, -0.2) is 9.78 Å². The molecule has 6 heteroatoms. The maximum atomic E-state index is 11.1. The van der Waals surface area contributed by atoms with Crippen LogP contribution in [-0.2, 0) is 9.53 Å². The third-order valence-corrected chi connectivity index (χ3v) is 2.28. The fraction of sp³-hybridized carbons (Fsp3) is 0.300. The fourth-order valence-electron chi connectivity index (χ4n) is 0.818. The molecule has 1 aromatic rings. The second kappa shape index (κ2) is 5.88. The van der Waals surface area contributed by atoms with Gasteiger partial charge >= 0.3 is 5.97 Å². The van der Waals surface area contributed by atoms with Crippen molar-refractivity contribution >= 4 is 23.2 Å². The molecule has 0 atom stereocenters. The van der Waals surface area contributed by atoms with Gasteiger partial charge in [-0.1, -0.05) is 5.92 Å². The first kappa shape index (κ1) is 12.2. The summed E-state index contributed by atoms with van der Waals surface area (Å²) in [5.41, 5.74) is 0.247. The molecular weight excluding hydrogens is 228 g/mol. The molecule has 1 N–H and O–H groups in total. The number of rotatable bonds is 2. The van der Waals surface area contributed by atoms with Gasteiger partial charge in [-0.15, -0.1) is 11.3 Å². The summed E-state index contributed by atoms with van der Waals surface area (Å²) in [5.74, 6) is 4.84. The Morgan fingerprint density at radius 1 is 1.62 bits per heavy atom. The summed E-state index contributed by atoms with van der Waals surface area (Å²) in [6.45, 7) is 1.68. The van der Waals surface area contributed by atoms with Crippen molar-refractivity contribution in [2.45, 2.75) is 6.92 Å². The molecule has 0 saturated carbocycles. The second-order valence-electron chi connectivity index (χ2n) is 2.74. The van der Waals surface area contributed by atoms with E-state index in [1.165, 1.54) is 25.4 Å². The number of methoxy groups -OCH3 is 1. The molecular formula is C10H10N2O3S. The van der Waals surface area contributed by atoms with E-state index in [1.807, 2.05) is 0 Å². The predicted octanol–water partition coefficient (Wildman–Crippen LogP) is 0.417. The van der Waals surface area contributed by atoms with Crippen LogP contribution in [0.15, 0.2) is 5.38 Å². The molecule has 0 aliphatic carbocycles. The first-order valence-electron chi connectivity index (χ1n) is 4.40. The smallest absolute Gasteiger partial charge is 0.357 e. The lowest BCUT2D eigenvalue weighted by atomic mass is 10.5. The van der Waals surface area contributed by atoms with E-state index in [2.05, 4.69) is 26.9 Å². The van der Waals surface area contributed by atoms with Crippen LogP contribution in [0.4, 0.5) is 0 Å². The molecule has 0 radical (unpaired) electrons. The molecule has 84 valence electrons. The summed E-state index contributed by atoms with van der Waals surface area (Å²) >= 11 is 1.25. The summed E-state index contributed by atoms with van der Waals surface area (Å²) in [5, 5.41) is 4.63. The normalized spacial score (nSPS) is 8.88. The SMILES string of the molecule is COC(=O)c1csc(C#CCNC(C)=O)n1. The highest BCUT2D eigenvalue weighted by Gasteiger charge is 2.08. The van der Waals surface area contributed by atoms with Crippen LogP contribution in [0, 0.1) is 11.8 Å². The van der Waals surface area contributed by atoms with Crippen molar-refractivity contribution in [2.75, 3.05) is 13.7 Å². The van der Waals surface area contributed by atoms with Crippen LogP contribution in [0.5, 0.6) is 0 Å². The highest BCUT2D eigenvalue weighted by atomic mass is 32.1. The first-order chi connectivity index (χ1) is 7.63. The zero-order valence-electron chi connectivity index (χ0n) is 8.86. The van der Waals surface area contributed by atoms with Gasteiger partial charge in [0, 0.05) is 12.3 Å². The van der Waals surface area contributed by atoms with Crippen LogP contribution in [-0.4, -0.2) is 30.5 Å². The van der Waals surface area contributed by atoms with Crippen LogP contribution < -0.4 is 5.32 Å². The molecule has 1 rings (SSSR count). The van der Waals surface area contributed by atoms with Crippen molar-refractivity contribution < 1.29 is 14.3 Å². The number of carbonyl (C=O) groups excluding carboxylic acids is 2. The summed E-state index contributed by atoms with van der Waals surface area (Å²) < 4.78 is 4.51. The van der Waals surface area contributed by atoms with E-state index >= 15 is 0 Å². The number of nitrogens with zero attached hydrogens (tertiary/aromatic N) is 1. The number of aromatic nitrogens is 1. The minimum atomic E-state index is -0.480. The number of ether oxygens (including phenoxy) is 1. The number of amides is 1. The Balaban J connectivity index is 2.58. The molecule has 0 unspecified atom stereocenters. The van der Waals surface area contributed by atoms with Crippen LogP contribution in [0.2, 0.25) is 0 Å². The van der Waals surface area contributed by atoms with Crippen molar-refractivity contribution in [1.29, 1.82) is 0 Å². The molecule has 0 aromatic carbocycles. The van der Waals surface area contributed by atoms with Gasteiger partial charge in [-0.2, -0.15) is 0 Å². The van der Waals surface area contributed by atoms with Gasteiger partial charge in [0.25, 0.3) is 0 Å². The van der Waals surface area contributed by atoms with Gasteiger partial charge in [0.1, 0.15) is 0 Å². The van der Waals surface area contributed by atoms with E-state index in [-0.39, 0.29) is 18.1 Å². The average Bonchev–Trinajstić information content (AvgIpc) is 2.71. The lowest BCUT2D eigenvalue weighted by Gasteiger charge is -1.90. The lowest BCUT2D eigenvalue weighted by Crippen LogP contribution is -2.19. The number of hydrogen-bond acceptors (Lipinski definition) is 5. The Morgan fingerprint density at radius 3 is 3.00 bits per heavy atom. The molecule has 0 fully saturated rings. The predicted molar refractivity (Wildman–Crippen MR) is 59.0 cm³/mol. The molecule has 0 aliphatic rings. The third kappa shape index (κ3) is 3.71. The Hall–Kier alpha value is -1.87. The highest BCUT2D eigenvalue weighted by molar-refractivity contribution is 7.10. The van der Waals surface area contributed by atoms with Gasteiger partial charge in [0.15, 0.2) is 10.7 Å². The van der Waals surface area contributed by atoms with Gasteiger partial charge < -0.3 is 10.1 Å². The number of thiazole rings is 1. The monoisotopic (exact) mass is 238 g/mol. The summed E-state index contributed by atoms with van der Waals surface area (Å²) in [4.78, 5) is 25.6. The van der Waals surface area contributed by atoms with Gasteiger partial charge in [-0.3, -0.25) is 4.79 Å². The second-order valence-corrected chi connectivity index (χ2v) is 3.60. The number of hydrogen-bond donors (Lipinski definition) is 1. The molecule has 1 aromatic heterocycles. The first-order valence-corrected chi connectivity index (χ1v) is 5.28. The Bertz CT molecular complexity index is 456. The standard InChI is InChI=1S/C10H10N2O3S/c1-7(13)11-5-3-4-9-12-8(6-16-9)10(14)15-2/h6H,5H2,1-2H3,(H,11,13). The van der Waals surface area contributed by atoms with Gasteiger partial charge in [0.2, 0.25) is 5.91 Å². The van der Waals surface area contributed by atoms with Crippen molar-refractivity contribution in [3.05, 3.63) is 16.1 Å². The minimum absolute atomic E-state index is 0.135. The maximum absolute atomic E-state index is 11.1. The third-order valence-electron chi connectivity index (χ3n) is 1.52. The molecule has 0 aliphatic heterocycles. The lowest BCUT2D eigenvalue weighted by molar-refractivity contribution is -0.118. The number of nitrogens with one attached hydrogen (secondary N) is 1. The zero-order valence-corrected chi connectivity index (χ0v) is 9.68. The van der Waals surface area contributed by atoms with Gasteiger partial charge in [0.05, 0.1) is 13.7 Å². The van der Waals surface area contributed by atoms with Crippen molar-refractivity contribution in [1.82, 2.24) is 10.3 Å². The van der Waals surface area contributed by atoms with E-state index in [0.717, 1.165) is 0 Å². The fourth-order valence-corrected chi connectivity index (χ4v) is 1.47. The van der Waals surface area contributed by atoms with E-state index in [9.17, 15) is 9.59 Å². The van der Waals surface area contributed by atoms with E-state index in [4.69, 9.17) is 0 Å². The maximum Gasteiger partial charge on any atom is 0.357 e. The highest BCUT2D eigenvalue weighted by Crippen LogP contribution is 2.08. The van der Waals surface area contributed by atoms with Crippen molar-refractivity contribution in [3.8, 4) is 11.8 Å². The van der Waals surface area contributed by atoms with E-state index in [0.29, 0.717) is 5.01 Å².